The zero-order valence-electron chi connectivity index (χ0n) is 11.2. The van der Waals surface area contributed by atoms with Crippen molar-refractivity contribution in [2.75, 3.05) is 0 Å². The van der Waals surface area contributed by atoms with Crippen molar-refractivity contribution in [1.29, 1.82) is 0 Å². The molecule has 0 amide bonds. The third-order valence-electron chi connectivity index (χ3n) is 5.19. The lowest BCUT2D eigenvalue weighted by molar-refractivity contribution is -0.113. The third-order valence-corrected chi connectivity index (χ3v) is 5.72. The molecule has 2 fully saturated rings. The summed E-state index contributed by atoms with van der Waals surface area (Å²) in [5, 5.41) is 0. The fraction of sp³-hybridized carbons (Fsp3) is 0.588. The van der Waals surface area contributed by atoms with E-state index >= 15 is 0 Å². The lowest BCUT2D eigenvalue weighted by Crippen LogP contribution is -2.30. The minimum atomic E-state index is 0.352. The molecule has 0 heterocycles. The van der Waals surface area contributed by atoms with E-state index in [0.29, 0.717) is 5.92 Å². The van der Waals surface area contributed by atoms with Crippen LogP contribution in [0.2, 0.25) is 0 Å². The summed E-state index contributed by atoms with van der Waals surface area (Å²) in [6.07, 6.45) is 8.68. The van der Waals surface area contributed by atoms with Gasteiger partial charge in [-0.25, -0.2) is 0 Å². The Balaban J connectivity index is 1.66. The molecule has 2 heteroatoms. The van der Waals surface area contributed by atoms with Crippen LogP contribution in [-0.4, -0.2) is 6.29 Å². The first-order chi connectivity index (χ1) is 9.26. The monoisotopic (exact) mass is 320 g/mol. The maximum atomic E-state index is 10.9. The molecule has 0 radical (unpaired) electrons. The summed E-state index contributed by atoms with van der Waals surface area (Å²) in [7, 11) is 0. The van der Waals surface area contributed by atoms with Crippen molar-refractivity contribution < 1.29 is 4.79 Å². The zero-order chi connectivity index (χ0) is 13.2. The Hall–Kier alpha value is -0.630. The van der Waals surface area contributed by atoms with Crippen molar-refractivity contribution in [1.82, 2.24) is 0 Å². The van der Waals surface area contributed by atoms with Crippen LogP contribution in [0.1, 0.15) is 50.0 Å². The van der Waals surface area contributed by atoms with Gasteiger partial charge in [-0.3, -0.25) is 0 Å². The van der Waals surface area contributed by atoms with Gasteiger partial charge in [0.25, 0.3) is 0 Å². The fourth-order valence-electron chi connectivity index (χ4n) is 4.09. The molecule has 2 aliphatic rings. The summed E-state index contributed by atoms with van der Waals surface area (Å²) >= 11 is 3.51. The molecule has 1 nitrogen and oxygen atoms in total. The molecular formula is C17H21BrO. The number of benzene rings is 1. The molecule has 0 aliphatic heterocycles. The van der Waals surface area contributed by atoms with E-state index in [0.717, 1.165) is 35.1 Å². The van der Waals surface area contributed by atoms with Gasteiger partial charge in [0.2, 0.25) is 0 Å². The van der Waals surface area contributed by atoms with E-state index in [9.17, 15) is 4.79 Å². The SMILES string of the molecule is O=C[C@@H]1CC[C@@H]2CC(c3ccc(Br)cc3)CCC2C1. The summed E-state index contributed by atoms with van der Waals surface area (Å²) in [5.41, 5.74) is 1.50. The molecule has 0 saturated heterocycles. The molecule has 102 valence electrons. The Bertz CT molecular complexity index is 439. The molecule has 4 atom stereocenters. The first kappa shape index (κ1) is 13.4. The van der Waals surface area contributed by atoms with Gasteiger partial charge in [0.1, 0.15) is 6.29 Å². The molecule has 0 N–H and O–H groups in total. The highest BCUT2D eigenvalue weighted by molar-refractivity contribution is 9.10. The van der Waals surface area contributed by atoms with Crippen molar-refractivity contribution in [3.8, 4) is 0 Å². The predicted molar refractivity (Wildman–Crippen MR) is 81.1 cm³/mol. The van der Waals surface area contributed by atoms with E-state index < -0.39 is 0 Å². The fourth-order valence-corrected chi connectivity index (χ4v) is 4.35. The van der Waals surface area contributed by atoms with Crippen molar-refractivity contribution in [2.24, 2.45) is 17.8 Å². The van der Waals surface area contributed by atoms with Crippen LogP contribution in [-0.2, 0) is 4.79 Å². The molecule has 0 spiro atoms. The second kappa shape index (κ2) is 5.78. The van der Waals surface area contributed by atoms with Crippen molar-refractivity contribution in [3.05, 3.63) is 34.3 Å². The number of hydrogen-bond donors (Lipinski definition) is 0. The normalized spacial score (nSPS) is 34.6. The van der Waals surface area contributed by atoms with E-state index in [-0.39, 0.29) is 0 Å². The quantitative estimate of drug-likeness (QED) is 0.705. The number of rotatable bonds is 2. The maximum absolute atomic E-state index is 10.9. The molecule has 0 bridgehead atoms. The maximum Gasteiger partial charge on any atom is 0.123 e. The Morgan fingerprint density at radius 1 is 0.947 bits per heavy atom. The Kier molecular flexibility index (Phi) is 4.07. The number of hydrogen-bond acceptors (Lipinski definition) is 1. The van der Waals surface area contributed by atoms with Crippen LogP contribution in [0.15, 0.2) is 28.7 Å². The van der Waals surface area contributed by atoms with Gasteiger partial charge < -0.3 is 4.79 Å². The van der Waals surface area contributed by atoms with Gasteiger partial charge in [0.05, 0.1) is 0 Å². The predicted octanol–water partition coefficient (Wildman–Crippen LogP) is 4.95. The Labute approximate surface area is 123 Å². The summed E-state index contributed by atoms with van der Waals surface area (Å²) in [6.45, 7) is 0. The standard InChI is InChI=1S/C17H21BrO/c18-17-7-5-13(6-8-17)15-4-3-14-9-12(11-19)1-2-16(14)10-15/h5-8,11-12,14-16H,1-4,9-10H2/t12-,14?,15?,16-/m1/s1. The van der Waals surface area contributed by atoms with Crippen LogP contribution in [0.25, 0.3) is 0 Å². The summed E-state index contributed by atoms with van der Waals surface area (Å²) in [4.78, 5) is 10.9. The van der Waals surface area contributed by atoms with E-state index in [1.165, 1.54) is 37.5 Å². The number of carbonyl (C=O) groups excluding carboxylic acids is 1. The minimum absolute atomic E-state index is 0.352. The molecule has 2 unspecified atom stereocenters. The molecule has 1 aromatic carbocycles. The van der Waals surface area contributed by atoms with Gasteiger partial charge in [-0.1, -0.05) is 28.1 Å². The molecule has 0 aromatic heterocycles. The smallest absolute Gasteiger partial charge is 0.123 e. The van der Waals surface area contributed by atoms with Crippen molar-refractivity contribution >= 4 is 22.2 Å². The van der Waals surface area contributed by atoms with E-state index in [4.69, 9.17) is 0 Å². The van der Waals surface area contributed by atoms with Gasteiger partial charge in [-0.05, 0) is 74.0 Å². The minimum Gasteiger partial charge on any atom is -0.303 e. The number of carbonyl (C=O) groups is 1. The number of fused-ring (bicyclic) bond motifs is 1. The van der Waals surface area contributed by atoms with Crippen LogP contribution in [0.5, 0.6) is 0 Å². The highest BCUT2D eigenvalue weighted by Gasteiger charge is 2.35. The lowest BCUT2D eigenvalue weighted by atomic mass is 9.64. The average Bonchev–Trinajstić information content (AvgIpc) is 2.47. The number of halogens is 1. The second-order valence-corrected chi connectivity index (χ2v) is 7.21. The highest BCUT2D eigenvalue weighted by Crippen LogP contribution is 2.47. The molecule has 2 saturated carbocycles. The van der Waals surface area contributed by atoms with Crippen LogP contribution in [0.4, 0.5) is 0 Å². The zero-order valence-corrected chi connectivity index (χ0v) is 12.8. The van der Waals surface area contributed by atoms with Crippen LogP contribution in [0.3, 0.4) is 0 Å². The van der Waals surface area contributed by atoms with Gasteiger partial charge in [0.15, 0.2) is 0 Å². The van der Waals surface area contributed by atoms with Crippen molar-refractivity contribution in [2.45, 2.75) is 44.4 Å². The van der Waals surface area contributed by atoms with Gasteiger partial charge in [-0.15, -0.1) is 0 Å². The summed E-state index contributed by atoms with van der Waals surface area (Å²) < 4.78 is 1.16. The first-order valence-corrected chi connectivity index (χ1v) is 8.26. The topological polar surface area (TPSA) is 17.1 Å². The molecule has 2 aliphatic carbocycles. The molecule has 1 aromatic rings. The Morgan fingerprint density at radius 3 is 2.37 bits per heavy atom. The van der Waals surface area contributed by atoms with Crippen LogP contribution < -0.4 is 0 Å². The second-order valence-electron chi connectivity index (χ2n) is 6.29. The average molecular weight is 321 g/mol. The molecule has 3 rings (SSSR count). The summed E-state index contributed by atoms with van der Waals surface area (Å²) in [6, 6.07) is 8.85. The van der Waals surface area contributed by atoms with Gasteiger partial charge in [-0.2, -0.15) is 0 Å². The lowest BCUT2D eigenvalue weighted by Gasteiger charge is -2.41. The largest absolute Gasteiger partial charge is 0.303 e. The van der Waals surface area contributed by atoms with E-state index in [1.807, 2.05) is 0 Å². The van der Waals surface area contributed by atoms with Gasteiger partial charge >= 0.3 is 0 Å². The summed E-state index contributed by atoms with van der Waals surface area (Å²) in [5.74, 6) is 2.77. The molecule has 19 heavy (non-hydrogen) atoms. The highest BCUT2D eigenvalue weighted by atomic mass is 79.9. The van der Waals surface area contributed by atoms with E-state index in [2.05, 4.69) is 40.2 Å². The molecular weight excluding hydrogens is 300 g/mol. The van der Waals surface area contributed by atoms with Crippen LogP contribution >= 0.6 is 15.9 Å². The van der Waals surface area contributed by atoms with Crippen molar-refractivity contribution in [3.63, 3.8) is 0 Å². The third kappa shape index (κ3) is 2.94. The Morgan fingerprint density at radius 2 is 1.63 bits per heavy atom. The van der Waals surface area contributed by atoms with Crippen LogP contribution in [0, 0.1) is 17.8 Å². The van der Waals surface area contributed by atoms with Gasteiger partial charge in [0, 0.05) is 10.4 Å². The van der Waals surface area contributed by atoms with E-state index in [1.54, 1.807) is 0 Å². The first-order valence-electron chi connectivity index (χ1n) is 7.47. The number of aldehydes is 1.